The van der Waals surface area contributed by atoms with Gasteiger partial charge in [-0.3, -0.25) is 4.79 Å². The van der Waals surface area contributed by atoms with Crippen LogP contribution in [0.25, 0.3) is 0 Å². The van der Waals surface area contributed by atoms with Crippen LogP contribution in [0.3, 0.4) is 0 Å². The summed E-state index contributed by atoms with van der Waals surface area (Å²) in [5.74, 6) is 0.00537. The molecule has 12 heavy (non-hydrogen) atoms. The fourth-order valence-electron chi connectivity index (χ4n) is 0.727. The molecule has 0 spiro atoms. The molecule has 0 rings (SSSR count). The standard InChI is InChI=1S/C9H17NOS/c1-4-5-9(11)10-7-6-8(2)12-3/h4-5,8H,6-7H2,1-3H3,(H,10,11)/b5-4+. The third-order valence-corrected chi connectivity index (χ3v) is 2.61. The minimum atomic E-state index is 0.00537. The molecular formula is C9H17NOS. The summed E-state index contributed by atoms with van der Waals surface area (Å²) < 4.78 is 0. The smallest absolute Gasteiger partial charge is 0.243 e. The average molecular weight is 187 g/mol. The van der Waals surface area contributed by atoms with E-state index in [4.69, 9.17) is 0 Å². The molecule has 1 amide bonds. The van der Waals surface area contributed by atoms with Crippen LogP contribution in [0.2, 0.25) is 0 Å². The molecule has 0 aliphatic carbocycles. The molecule has 0 heterocycles. The number of nitrogens with one attached hydrogen (secondary N) is 1. The van der Waals surface area contributed by atoms with Crippen LogP contribution in [-0.4, -0.2) is 24.0 Å². The van der Waals surface area contributed by atoms with Crippen molar-refractivity contribution in [1.29, 1.82) is 0 Å². The third-order valence-electron chi connectivity index (χ3n) is 1.57. The maximum atomic E-state index is 10.9. The zero-order chi connectivity index (χ0) is 9.40. The number of thioether (sulfide) groups is 1. The van der Waals surface area contributed by atoms with Crippen molar-refractivity contribution in [3.63, 3.8) is 0 Å². The largest absolute Gasteiger partial charge is 0.353 e. The van der Waals surface area contributed by atoms with Gasteiger partial charge in [0.25, 0.3) is 0 Å². The van der Waals surface area contributed by atoms with Crippen LogP contribution in [0.15, 0.2) is 12.2 Å². The molecule has 0 saturated heterocycles. The van der Waals surface area contributed by atoms with Crippen LogP contribution in [-0.2, 0) is 4.79 Å². The maximum Gasteiger partial charge on any atom is 0.243 e. The SMILES string of the molecule is C/C=C/C(=O)NCCC(C)SC. The third kappa shape index (κ3) is 6.28. The van der Waals surface area contributed by atoms with Gasteiger partial charge < -0.3 is 5.32 Å². The van der Waals surface area contributed by atoms with Gasteiger partial charge in [-0.05, 0) is 25.7 Å². The molecular weight excluding hydrogens is 170 g/mol. The lowest BCUT2D eigenvalue weighted by molar-refractivity contribution is -0.116. The Balaban J connectivity index is 3.37. The van der Waals surface area contributed by atoms with Gasteiger partial charge in [0.2, 0.25) is 5.91 Å². The molecule has 0 bridgehead atoms. The normalized spacial score (nSPS) is 13.2. The van der Waals surface area contributed by atoms with Crippen LogP contribution in [0.1, 0.15) is 20.3 Å². The van der Waals surface area contributed by atoms with Crippen molar-refractivity contribution in [2.75, 3.05) is 12.8 Å². The Morgan fingerprint density at radius 1 is 1.67 bits per heavy atom. The predicted octanol–water partition coefficient (Wildman–Crippen LogP) is 1.82. The zero-order valence-corrected chi connectivity index (χ0v) is 8.78. The van der Waals surface area contributed by atoms with Gasteiger partial charge >= 0.3 is 0 Å². The van der Waals surface area contributed by atoms with Crippen LogP contribution < -0.4 is 5.32 Å². The molecule has 0 aliphatic rings. The molecule has 1 unspecified atom stereocenters. The molecule has 0 aromatic carbocycles. The first kappa shape index (κ1) is 11.6. The minimum absolute atomic E-state index is 0.00537. The Morgan fingerprint density at radius 3 is 2.83 bits per heavy atom. The lowest BCUT2D eigenvalue weighted by atomic mass is 10.3. The van der Waals surface area contributed by atoms with Gasteiger partial charge in [-0.25, -0.2) is 0 Å². The minimum Gasteiger partial charge on any atom is -0.353 e. The van der Waals surface area contributed by atoms with Crippen molar-refractivity contribution in [2.45, 2.75) is 25.5 Å². The maximum absolute atomic E-state index is 10.9. The van der Waals surface area contributed by atoms with E-state index in [1.54, 1.807) is 12.2 Å². The van der Waals surface area contributed by atoms with Gasteiger partial charge in [0.1, 0.15) is 0 Å². The van der Waals surface area contributed by atoms with Gasteiger partial charge in [-0.1, -0.05) is 13.0 Å². The molecule has 3 heteroatoms. The topological polar surface area (TPSA) is 29.1 Å². The Bertz CT molecular complexity index is 157. The molecule has 1 atom stereocenters. The molecule has 70 valence electrons. The van der Waals surface area contributed by atoms with Crippen molar-refractivity contribution in [1.82, 2.24) is 5.32 Å². The van der Waals surface area contributed by atoms with Crippen molar-refractivity contribution in [3.8, 4) is 0 Å². The zero-order valence-electron chi connectivity index (χ0n) is 7.96. The second-order valence-electron chi connectivity index (χ2n) is 2.63. The number of hydrogen-bond donors (Lipinski definition) is 1. The molecule has 0 aliphatic heterocycles. The van der Waals surface area contributed by atoms with Crippen LogP contribution in [0.5, 0.6) is 0 Å². The number of allylic oxidation sites excluding steroid dienone is 1. The first-order valence-electron chi connectivity index (χ1n) is 4.14. The molecule has 2 nitrogen and oxygen atoms in total. The van der Waals surface area contributed by atoms with E-state index in [-0.39, 0.29) is 5.91 Å². The highest BCUT2D eigenvalue weighted by atomic mass is 32.2. The summed E-state index contributed by atoms with van der Waals surface area (Å²) in [5.41, 5.74) is 0. The summed E-state index contributed by atoms with van der Waals surface area (Å²) >= 11 is 1.82. The summed E-state index contributed by atoms with van der Waals surface area (Å²) in [7, 11) is 0. The fraction of sp³-hybridized carbons (Fsp3) is 0.667. The summed E-state index contributed by atoms with van der Waals surface area (Å²) in [5, 5.41) is 3.43. The highest BCUT2D eigenvalue weighted by Crippen LogP contribution is 2.07. The highest BCUT2D eigenvalue weighted by molar-refractivity contribution is 7.99. The molecule has 0 radical (unpaired) electrons. The van der Waals surface area contributed by atoms with E-state index in [0.717, 1.165) is 13.0 Å². The van der Waals surface area contributed by atoms with Crippen LogP contribution in [0, 0.1) is 0 Å². The Morgan fingerprint density at radius 2 is 2.33 bits per heavy atom. The first-order chi connectivity index (χ1) is 5.70. The lowest BCUT2D eigenvalue weighted by Gasteiger charge is -2.07. The first-order valence-corrected chi connectivity index (χ1v) is 5.42. The summed E-state index contributed by atoms with van der Waals surface area (Å²) in [6.07, 6.45) is 6.40. The number of amides is 1. The molecule has 1 N–H and O–H groups in total. The summed E-state index contributed by atoms with van der Waals surface area (Å²) in [6, 6.07) is 0. The van der Waals surface area contributed by atoms with E-state index in [0.29, 0.717) is 5.25 Å². The molecule has 0 saturated carbocycles. The van der Waals surface area contributed by atoms with Crippen molar-refractivity contribution < 1.29 is 4.79 Å². The van der Waals surface area contributed by atoms with Crippen molar-refractivity contribution >= 4 is 17.7 Å². The summed E-state index contributed by atoms with van der Waals surface area (Å²) in [4.78, 5) is 10.9. The van der Waals surface area contributed by atoms with Crippen molar-refractivity contribution in [2.24, 2.45) is 0 Å². The van der Waals surface area contributed by atoms with Gasteiger partial charge in [-0.15, -0.1) is 0 Å². The number of carbonyl (C=O) groups is 1. The second kappa shape index (κ2) is 7.22. The van der Waals surface area contributed by atoms with E-state index >= 15 is 0 Å². The predicted molar refractivity (Wildman–Crippen MR) is 55.4 cm³/mol. The van der Waals surface area contributed by atoms with Crippen molar-refractivity contribution in [3.05, 3.63) is 12.2 Å². The van der Waals surface area contributed by atoms with Crippen LogP contribution >= 0.6 is 11.8 Å². The van der Waals surface area contributed by atoms with E-state index in [2.05, 4.69) is 18.5 Å². The quantitative estimate of drug-likeness (QED) is 0.665. The Kier molecular flexibility index (Phi) is 6.96. The lowest BCUT2D eigenvalue weighted by Crippen LogP contribution is -2.23. The summed E-state index contributed by atoms with van der Waals surface area (Å²) in [6.45, 7) is 4.77. The molecule has 0 aromatic rings. The molecule has 0 fully saturated rings. The van der Waals surface area contributed by atoms with Gasteiger partial charge in [0.15, 0.2) is 0 Å². The highest BCUT2D eigenvalue weighted by Gasteiger charge is 1.99. The fourth-order valence-corrected chi connectivity index (χ4v) is 1.08. The van der Waals surface area contributed by atoms with E-state index < -0.39 is 0 Å². The Labute approximate surface area is 78.8 Å². The van der Waals surface area contributed by atoms with E-state index in [9.17, 15) is 4.79 Å². The average Bonchev–Trinajstić information content (AvgIpc) is 2.04. The number of hydrogen-bond acceptors (Lipinski definition) is 2. The Hall–Kier alpha value is -0.440. The van der Waals surface area contributed by atoms with Gasteiger partial charge in [0, 0.05) is 11.8 Å². The monoisotopic (exact) mass is 187 g/mol. The van der Waals surface area contributed by atoms with E-state index in [1.165, 1.54) is 0 Å². The van der Waals surface area contributed by atoms with Crippen LogP contribution in [0.4, 0.5) is 0 Å². The molecule has 0 aromatic heterocycles. The van der Waals surface area contributed by atoms with E-state index in [1.807, 2.05) is 18.7 Å². The number of carbonyl (C=O) groups excluding carboxylic acids is 1. The second-order valence-corrected chi connectivity index (χ2v) is 3.90. The van der Waals surface area contributed by atoms with Gasteiger partial charge in [0.05, 0.1) is 0 Å². The number of rotatable bonds is 5. The van der Waals surface area contributed by atoms with Gasteiger partial charge in [-0.2, -0.15) is 11.8 Å².